The first-order valence-electron chi connectivity index (χ1n) is 8.77. The van der Waals surface area contributed by atoms with E-state index >= 15 is 0 Å². The SMILES string of the molecule is CCCCOC(=O)C(C)c1ccc(/C=C2/CCCCC2O)cc1. The summed E-state index contributed by atoms with van der Waals surface area (Å²) < 4.78 is 5.28. The van der Waals surface area contributed by atoms with Crippen LogP contribution in [0.5, 0.6) is 0 Å². The molecule has 126 valence electrons. The lowest BCUT2D eigenvalue weighted by atomic mass is 9.90. The number of carbonyl (C=O) groups is 1. The van der Waals surface area contributed by atoms with Gasteiger partial charge in [0, 0.05) is 0 Å². The van der Waals surface area contributed by atoms with E-state index in [1.54, 1.807) is 0 Å². The third kappa shape index (κ3) is 5.21. The number of hydrogen-bond donors (Lipinski definition) is 1. The summed E-state index contributed by atoms with van der Waals surface area (Å²) in [6.45, 7) is 4.46. The highest BCUT2D eigenvalue weighted by Gasteiger charge is 2.17. The van der Waals surface area contributed by atoms with Crippen LogP contribution in [0.15, 0.2) is 29.8 Å². The average molecular weight is 316 g/mol. The quantitative estimate of drug-likeness (QED) is 0.623. The van der Waals surface area contributed by atoms with Crippen LogP contribution in [0.25, 0.3) is 6.08 Å². The van der Waals surface area contributed by atoms with Crippen molar-refractivity contribution in [3.8, 4) is 0 Å². The Morgan fingerprint density at radius 1 is 1.35 bits per heavy atom. The van der Waals surface area contributed by atoms with Gasteiger partial charge in [-0.3, -0.25) is 4.79 Å². The standard InChI is InChI=1S/C20H28O3/c1-3-4-13-23-20(22)15(2)17-11-9-16(10-12-17)14-18-7-5-6-8-19(18)21/h9-12,14-15,19,21H,3-8,13H2,1-2H3/b18-14-. The van der Waals surface area contributed by atoms with Crippen molar-refractivity contribution in [2.24, 2.45) is 0 Å². The van der Waals surface area contributed by atoms with Gasteiger partial charge in [0.05, 0.1) is 18.6 Å². The van der Waals surface area contributed by atoms with Gasteiger partial charge in [0.25, 0.3) is 0 Å². The van der Waals surface area contributed by atoms with Crippen molar-refractivity contribution >= 4 is 12.0 Å². The van der Waals surface area contributed by atoms with Crippen molar-refractivity contribution in [3.05, 3.63) is 41.0 Å². The number of hydrogen-bond acceptors (Lipinski definition) is 3. The zero-order valence-corrected chi connectivity index (χ0v) is 14.3. The summed E-state index contributed by atoms with van der Waals surface area (Å²) in [5.41, 5.74) is 3.17. The minimum Gasteiger partial charge on any atom is -0.465 e. The molecule has 1 aromatic carbocycles. The van der Waals surface area contributed by atoms with Crippen molar-refractivity contribution in [1.29, 1.82) is 0 Å². The number of ether oxygens (including phenoxy) is 1. The molecule has 0 aliphatic heterocycles. The number of aliphatic hydroxyl groups is 1. The van der Waals surface area contributed by atoms with E-state index in [1.165, 1.54) is 0 Å². The lowest BCUT2D eigenvalue weighted by Crippen LogP contribution is -2.15. The van der Waals surface area contributed by atoms with Crippen LogP contribution in [0.2, 0.25) is 0 Å². The highest BCUT2D eigenvalue weighted by Crippen LogP contribution is 2.26. The van der Waals surface area contributed by atoms with E-state index in [1.807, 2.05) is 31.2 Å². The number of carbonyl (C=O) groups excluding carboxylic acids is 1. The van der Waals surface area contributed by atoms with Crippen LogP contribution >= 0.6 is 0 Å². The molecule has 2 unspecified atom stereocenters. The Hall–Kier alpha value is -1.61. The monoisotopic (exact) mass is 316 g/mol. The topological polar surface area (TPSA) is 46.5 Å². The minimum absolute atomic E-state index is 0.160. The number of benzene rings is 1. The van der Waals surface area contributed by atoms with E-state index in [-0.39, 0.29) is 18.0 Å². The van der Waals surface area contributed by atoms with Crippen LogP contribution in [0.3, 0.4) is 0 Å². The van der Waals surface area contributed by atoms with Gasteiger partial charge in [0.1, 0.15) is 0 Å². The summed E-state index contributed by atoms with van der Waals surface area (Å²) in [7, 11) is 0. The predicted molar refractivity (Wildman–Crippen MR) is 93.2 cm³/mol. The fraction of sp³-hybridized carbons (Fsp3) is 0.550. The van der Waals surface area contributed by atoms with Gasteiger partial charge in [-0.15, -0.1) is 0 Å². The minimum atomic E-state index is -0.295. The molecule has 0 heterocycles. The molecule has 3 nitrogen and oxygen atoms in total. The molecule has 0 saturated heterocycles. The molecular formula is C20H28O3. The second kappa shape index (κ2) is 8.88. The van der Waals surface area contributed by atoms with E-state index in [2.05, 4.69) is 13.0 Å². The van der Waals surface area contributed by atoms with E-state index in [0.717, 1.165) is 55.2 Å². The van der Waals surface area contributed by atoms with Crippen LogP contribution in [0.4, 0.5) is 0 Å². The summed E-state index contributed by atoms with van der Waals surface area (Å²) in [4.78, 5) is 12.0. The van der Waals surface area contributed by atoms with E-state index in [9.17, 15) is 9.90 Å². The fourth-order valence-corrected chi connectivity index (χ4v) is 2.86. The first kappa shape index (κ1) is 17.7. The number of rotatable bonds is 6. The van der Waals surface area contributed by atoms with E-state index in [4.69, 9.17) is 4.74 Å². The highest BCUT2D eigenvalue weighted by molar-refractivity contribution is 5.77. The number of esters is 1. The van der Waals surface area contributed by atoms with Gasteiger partial charge < -0.3 is 9.84 Å². The average Bonchev–Trinajstić information content (AvgIpc) is 2.57. The highest BCUT2D eigenvalue weighted by atomic mass is 16.5. The smallest absolute Gasteiger partial charge is 0.313 e. The maximum absolute atomic E-state index is 12.0. The Morgan fingerprint density at radius 2 is 2.09 bits per heavy atom. The van der Waals surface area contributed by atoms with Gasteiger partial charge in [-0.2, -0.15) is 0 Å². The lowest BCUT2D eigenvalue weighted by Gasteiger charge is -2.20. The Balaban J connectivity index is 1.98. The van der Waals surface area contributed by atoms with Gasteiger partial charge >= 0.3 is 5.97 Å². The first-order valence-corrected chi connectivity index (χ1v) is 8.77. The Bertz CT molecular complexity index is 530. The van der Waals surface area contributed by atoms with Crippen LogP contribution in [-0.2, 0) is 9.53 Å². The Morgan fingerprint density at radius 3 is 2.74 bits per heavy atom. The Labute approximate surface area is 139 Å². The molecule has 1 aliphatic rings. The van der Waals surface area contributed by atoms with Crippen molar-refractivity contribution in [2.75, 3.05) is 6.61 Å². The zero-order valence-electron chi connectivity index (χ0n) is 14.3. The van der Waals surface area contributed by atoms with E-state index < -0.39 is 0 Å². The van der Waals surface area contributed by atoms with Crippen molar-refractivity contribution in [2.45, 2.75) is 64.4 Å². The molecule has 1 fully saturated rings. The third-order valence-electron chi connectivity index (χ3n) is 4.51. The summed E-state index contributed by atoms with van der Waals surface area (Å²) >= 11 is 0. The Kier molecular flexibility index (Phi) is 6.85. The molecule has 0 aromatic heterocycles. The third-order valence-corrected chi connectivity index (χ3v) is 4.51. The second-order valence-electron chi connectivity index (χ2n) is 6.39. The summed E-state index contributed by atoms with van der Waals surface area (Å²) in [5.74, 6) is -0.402. The summed E-state index contributed by atoms with van der Waals surface area (Å²) in [6, 6.07) is 7.99. The molecular weight excluding hydrogens is 288 g/mol. The zero-order chi connectivity index (χ0) is 16.7. The normalized spacial score (nSPS) is 21.2. The summed E-state index contributed by atoms with van der Waals surface area (Å²) in [5, 5.41) is 10.0. The molecule has 1 aliphatic carbocycles. The van der Waals surface area contributed by atoms with Gasteiger partial charge in [-0.1, -0.05) is 50.1 Å². The van der Waals surface area contributed by atoms with Crippen molar-refractivity contribution < 1.29 is 14.6 Å². The molecule has 1 aromatic rings. The molecule has 0 radical (unpaired) electrons. The molecule has 3 heteroatoms. The second-order valence-corrected chi connectivity index (χ2v) is 6.39. The largest absolute Gasteiger partial charge is 0.465 e. The molecule has 2 rings (SSSR count). The molecule has 1 N–H and O–H groups in total. The van der Waals surface area contributed by atoms with Crippen molar-refractivity contribution in [3.63, 3.8) is 0 Å². The molecule has 1 saturated carbocycles. The van der Waals surface area contributed by atoms with Gasteiger partial charge in [0.15, 0.2) is 0 Å². The maximum Gasteiger partial charge on any atom is 0.313 e. The van der Waals surface area contributed by atoms with Gasteiger partial charge in [-0.05, 0) is 49.3 Å². The van der Waals surface area contributed by atoms with Gasteiger partial charge in [-0.25, -0.2) is 0 Å². The van der Waals surface area contributed by atoms with Crippen molar-refractivity contribution in [1.82, 2.24) is 0 Å². The lowest BCUT2D eigenvalue weighted by molar-refractivity contribution is -0.145. The molecule has 0 bridgehead atoms. The summed E-state index contributed by atoms with van der Waals surface area (Å²) in [6.07, 6.45) is 7.82. The predicted octanol–water partition coefficient (Wildman–Crippen LogP) is 4.45. The van der Waals surface area contributed by atoms with Crippen LogP contribution in [0, 0.1) is 0 Å². The van der Waals surface area contributed by atoms with Crippen LogP contribution in [0.1, 0.15) is 69.4 Å². The molecule has 2 atom stereocenters. The van der Waals surface area contributed by atoms with Crippen LogP contribution in [-0.4, -0.2) is 23.8 Å². The van der Waals surface area contributed by atoms with Crippen LogP contribution < -0.4 is 0 Å². The molecule has 23 heavy (non-hydrogen) atoms. The number of unbranched alkanes of at least 4 members (excludes halogenated alkanes) is 1. The number of aliphatic hydroxyl groups excluding tert-OH is 1. The maximum atomic E-state index is 12.0. The van der Waals surface area contributed by atoms with Gasteiger partial charge in [0.2, 0.25) is 0 Å². The fourth-order valence-electron chi connectivity index (χ4n) is 2.86. The molecule has 0 spiro atoms. The van der Waals surface area contributed by atoms with E-state index in [0.29, 0.717) is 6.61 Å². The molecule has 0 amide bonds. The first-order chi connectivity index (χ1) is 11.1.